The third kappa shape index (κ3) is 1.70. The van der Waals surface area contributed by atoms with Gasteiger partial charge in [-0.1, -0.05) is 12.1 Å². The molecule has 0 radical (unpaired) electrons. The number of hydrogen-bond acceptors (Lipinski definition) is 3. The first kappa shape index (κ1) is 11.4. The van der Waals surface area contributed by atoms with Crippen molar-refractivity contribution in [1.29, 1.82) is 0 Å². The molecule has 0 spiro atoms. The number of ether oxygens (including phenoxy) is 1. The van der Waals surface area contributed by atoms with Gasteiger partial charge in [-0.15, -0.1) is 0 Å². The first-order valence-electron chi connectivity index (χ1n) is 5.65. The summed E-state index contributed by atoms with van der Waals surface area (Å²) >= 11 is 0. The van der Waals surface area contributed by atoms with Crippen LogP contribution >= 0.6 is 0 Å². The van der Waals surface area contributed by atoms with Gasteiger partial charge in [0.1, 0.15) is 11.4 Å². The van der Waals surface area contributed by atoms with Crippen molar-refractivity contribution in [3.63, 3.8) is 0 Å². The highest BCUT2D eigenvalue weighted by atomic mass is 16.5. The Morgan fingerprint density at radius 2 is 2.00 bits per heavy atom. The third-order valence-corrected chi connectivity index (χ3v) is 3.79. The molecule has 1 aromatic rings. The molecule has 1 heterocycles. The van der Waals surface area contributed by atoms with Crippen molar-refractivity contribution in [2.24, 2.45) is 0 Å². The molecule has 1 saturated heterocycles. The van der Waals surface area contributed by atoms with Crippen LogP contribution in [0.3, 0.4) is 0 Å². The summed E-state index contributed by atoms with van der Waals surface area (Å²) in [5.74, 6) is 0.825. The van der Waals surface area contributed by atoms with Crippen LogP contribution in [0.25, 0.3) is 0 Å². The fraction of sp³-hybridized carbons (Fsp3) is 0.538. The molecular formula is C13H19NO2. The van der Waals surface area contributed by atoms with Crippen molar-refractivity contribution in [2.75, 3.05) is 20.7 Å². The van der Waals surface area contributed by atoms with Crippen molar-refractivity contribution in [1.82, 2.24) is 4.90 Å². The van der Waals surface area contributed by atoms with Crippen molar-refractivity contribution < 1.29 is 9.84 Å². The lowest BCUT2D eigenvalue weighted by Gasteiger charge is -2.30. The number of likely N-dealkylation sites (tertiary alicyclic amines) is 1. The third-order valence-electron chi connectivity index (χ3n) is 3.79. The molecule has 3 heteroatoms. The van der Waals surface area contributed by atoms with Crippen LogP contribution in [0.5, 0.6) is 5.75 Å². The van der Waals surface area contributed by atoms with E-state index in [0.717, 1.165) is 24.3 Å². The summed E-state index contributed by atoms with van der Waals surface area (Å²) in [6.45, 7) is 3.00. The number of methoxy groups -OCH3 is 1. The standard InChI is InChI=1S/C13H19NO2/c1-10-13(15,8-9-14(10)2)11-4-6-12(16-3)7-5-11/h4-7,10,15H,8-9H2,1-3H3/t10-,13+/m0/s1. The summed E-state index contributed by atoms with van der Waals surface area (Å²) in [7, 11) is 3.70. The van der Waals surface area contributed by atoms with Crippen LogP contribution in [0, 0.1) is 0 Å². The number of aliphatic hydroxyl groups is 1. The van der Waals surface area contributed by atoms with Crippen LogP contribution in [0.15, 0.2) is 24.3 Å². The second-order valence-electron chi connectivity index (χ2n) is 4.56. The number of benzene rings is 1. The van der Waals surface area contributed by atoms with E-state index in [1.54, 1.807) is 7.11 Å². The Bertz CT molecular complexity index is 363. The molecule has 0 unspecified atom stereocenters. The number of rotatable bonds is 2. The van der Waals surface area contributed by atoms with Gasteiger partial charge in [0.05, 0.1) is 7.11 Å². The summed E-state index contributed by atoms with van der Waals surface area (Å²) in [6.07, 6.45) is 0.789. The molecule has 1 aromatic carbocycles. The lowest BCUT2D eigenvalue weighted by atomic mass is 9.87. The minimum absolute atomic E-state index is 0.154. The van der Waals surface area contributed by atoms with Crippen LogP contribution in [-0.2, 0) is 5.60 Å². The van der Waals surface area contributed by atoms with Gasteiger partial charge in [0.25, 0.3) is 0 Å². The molecule has 0 aromatic heterocycles. The predicted molar refractivity (Wildman–Crippen MR) is 63.6 cm³/mol. The lowest BCUT2D eigenvalue weighted by molar-refractivity contribution is 0.0108. The Balaban J connectivity index is 2.29. The molecule has 0 bridgehead atoms. The second kappa shape index (κ2) is 4.07. The lowest BCUT2D eigenvalue weighted by Crippen LogP contribution is -2.38. The van der Waals surface area contributed by atoms with Gasteiger partial charge in [-0.3, -0.25) is 0 Å². The first-order chi connectivity index (χ1) is 7.58. The van der Waals surface area contributed by atoms with Gasteiger partial charge in [-0.2, -0.15) is 0 Å². The molecule has 0 amide bonds. The minimum atomic E-state index is -0.721. The Kier molecular flexibility index (Phi) is 2.91. The van der Waals surface area contributed by atoms with Gasteiger partial charge in [-0.05, 0) is 38.1 Å². The van der Waals surface area contributed by atoms with Gasteiger partial charge >= 0.3 is 0 Å². The maximum absolute atomic E-state index is 10.7. The Morgan fingerprint density at radius 3 is 2.44 bits per heavy atom. The van der Waals surface area contributed by atoms with E-state index in [1.165, 1.54) is 0 Å². The molecule has 0 aliphatic carbocycles. The molecular weight excluding hydrogens is 202 g/mol. The van der Waals surface area contributed by atoms with Crippen LogP contribution in [0.1, 0.15) is 18.9 Å². The zero-order valence-corrected chi connectivity index (χ0v) is 10.1. The second-order valence-corrected chi connectivity index (χ2v) is 4.56. The van der Waals surface area contributed by atoms with Crippen molar-refractivity contribution in [2.45, 2.75) is 25.0 Å². The molecule has 2 rings (SSSR count). The van der Waals surface area contributed by atoms with E-state index in [1.807, 2.05) is 31.3 Å². The highest BCUT2D eigenvalue weighted by molar-refractivity contribution is 5.32. The monoisotopic (exact) mass is 221 g/mol. The average Bonchev–Trinajstić information content (AvgIpc) is 2.59. The zero-order valence-electron chi connectivity index (χ0n) is 10.1. The van der Waals surface area contributed by atoms with E-state index in [2.05, 4.69) is 11.8 Å². The van der Waals surface area contributed by atoms with Crippen molar-refractivity contribution >= 4 is 0 Å². The van der Waals surface area contributed by atoms with Crippen LogP contribution in [0.4, 0.5) is 0 Å². The largest absolute Gasteiger partial charge is 0.497 e. The average molecular weight is 221 g/mol. The van der Waals surface area contributed by atoms with Crippen molar-refractivity contribution in [3.05, 3.63) is 29.8 Å². The topological polar surface area (TPSA) is 32.7 Å². The first-order valence-corrected chi connectivity index (χ1v) is 5.65. The van der Waals surface area contributed by atoms with E-state index >= 15 is 0 Å². The van der Waals surface area contributed by atoms with Crippen LogP contribution in [0.2, 0.25) is 0 Å². The maximum Gasteiger partial charge on any atom is 0.118 e. The number of likely N-dealkylation sites (N-methyl/N-ethyl adjacent to an activating group) is 1. The summed E-state index contributed by atoms with van der Waals surface area (Å²) < 4.78 is 5.12. The van der Waals surface area contributed by atoms with E-state index in [9.17, 15) is 5.11 Å². The molecule has 2 atom stereocenters. The predicted octanol–water partition coefficient (Wildman–Crippen LogP) is 1.61. The molecule has 0 saturated carbocycles. The Labute approximate surface area is 96.6 Å². The van der Waals surface area contributed by atoms with E-state index in [0.29, 0.717) is 0 Å². The van der Waals surface area contributed by atoms with Gasteiger partial charge in [0.15, 0.2) is 0 Å². The summed E-state index contributed by atoms with van der Waals surface area (Å²) in [5, 5.41) is 10.7. The highest BCUT2D eigenvalue weighted by Crippen LogP contribution is 2.37. The highest BCUT2D eigenvalue weighted by Gasteiger charge is 2.42. The molecule has 1 aliphatic rings. The van der Waals surface area contributed by atoms with Crippen molar-refractivity contribution in [3.8, 4) is 5.75 Å². The Hall–Kier alpha value is -1.06. The normalized spacial score (nSPS) is 30.6. The Morgan fingerprint density at radius 1 is 1.38 bits per heavy atom. The molecule has 88 valence electrons. The zero-order chi connectivity index (χ0) is 11.8. The summed E-state index contributed by atoms with van der Waals surface area (Å²) in [6, 6.07) is 7.86. The van der Waals surface area contributed by atoms with E-state index in [4.69, 9.17) is 4.74 Å². The SMILES string of the molecule is COc1ccc([C@@]2(O)CCN(C)[C@H]2C)cc1. The van der Waals surface area contributed by atoms with Gasteiger partial charge in [-0.25, -0.2) is 0 Å². The van der Waals surface area contributed by atoms with E-state index < -0.39 is 5.60 Å². The number of nitrogens with zero attached hydrogens (tertiary/aromatic N) is 1. The summed E-state index contributed by atoms with van der Waals surface area (Å²) in [4.78, 5) is 2.18. The van der Waals surface area contributed by atoms with Crippen LogP contribution in [-0.4, -0.2) is 36.8 Å². The maximum atomic E-state index is 10.7. The molecule has 1 N–H and O–H groups in total. The minimum Gasteiger partial charge on any atom is -0.497 e. The van der Waals surface area contributed by atoms with Crippen LogP contribution < -0.4 is 4.74 Å². The van der Waals surface area contributed by atoms with Gasteiger partial charge < -0.3 is 14.7 Å². The fourth-order valence-electron chi connectivity index (χ4n) is 2.38. The molecule has 1 aliphatic heterocycles. The smallest absolute Gasteiger partial charge is 0.118 e. The fourth-order valence-corrected chi connectivity index (χ4v) is 2.38. The molecule has 3 nitrogen and oxygen atoms in total. The van der Waals surface area contributed by atoms with Gasteiger partial charge in [0.2, 0.25) is 0 Å². The summed E-state index contributed by atoms with van der Waals surface area (Å²) in [5.41, 5.74) is 0.256. The van der Waals surface area contributed by atoms with E-state index in [-0.39, 0.29) is 6.04 Å². The molecule has 1 fully saturated rings. The quantitative estimate of drug-likeness (QED) is 0.823. The number of hydrogen-bond donors (Lipinski definition) is 1. The van der Waals surface area contributed by atoms with Gasteiger partial charge in [0, 0.05) is 12.6 Å². The molecule has 16 heavy (non-hydrogen) atoms.